The number of aliphatic hydroxyl groups excluding tert-OH is 1. The van der Waals surface area contributed by atoms with Crippen molar-refractivity contribution >= 4 is 40.8 Å². The standard InChI is InChI=1S/C26H20F2NOSi.C15H28O2.Ir/c1-31(2,3)24-14-19(10-16-6-4-5-7-22(16)24)25-26-17(8-9-29-25)13-23(30-26)18-11-20(27)15-21(28)12-18;1-7-14(5,8-2)12(16)11-13(17)15(6,9-3)10-4;/h4-9,11-15H,1-3H3;11,16H,7-10H2,1-6H3;/q-1;;/b;12-11-;. The number of benzene rings is 3. The Morgan fingerprint density at radius 3 is 2.06 bits per heavy atom. The number of allylic oxidation sites excluding steroid dienone is 2. The molecule has 0 saturated heterocycles. The van der Waals surface area contributed by atoms with Crippen LogP contribution in [0, 0.1) is 28.5 Å². The molecule has 4 nitrogen and oxygen atoms in total. The molecule has 1 N–H and O–H groups in total. The quantitative estimate of drug-likeness (QED) is 0.0658. The molecule has 263 valence electrons. The Balaban J connectivity index is 0.000000312. The van der Waals surface area contributed by atoms with Crippen molar-refractivity contribution < 1.29 is 43.2 Å². The van der Waals surface area contributed by atoms with E-state index in [4.69, 9.17) is 4.42 Å². The molecule has 0 unspecified atom stereocenters. The molecule has 2 heterocycles. The van der Waals surface area contributed by atoms with Gasteiger partial charge in [-0.15, -0.1) is 28.8 Å². The number of furan rings is 1. The van der Waals surface area contributed by atoms with E-state index in [1.54, 1.807) is 12.3 Å². The van der Waals surface area contributed by atoms with Crippen LogP contribution in [0.4, 0.5) is 8.78 Å². The molecule has 5 rings (SSSR count). The number of ketones is 1. The molecule has 1 radical (unpaired) electrons. The number of fused-ring (bicyclic) bond motifs is 2. The Morgan fingerprint density at radius 1 is 0.898 bits per heavy atom. The predicted octanol–water partition coefficient (Wildman–Crippen LogP) is 11.6. The summed E-state index contributed by atoms with van der Waals surface area (Å²) in [6.45, 7) is 19.0. The Kier molecular flexibility index (Phi) is 13.1. The van der Waals surface area contributed by atoms with Gasteiger partial charge in [0, 0.05) is 65.9 Å². The minimum Gasteiger partial charge on any atom is -0.512 e. The van der Waals surface area contributed by atoms with Gasteiger partial charge < -0.3 is 9.52 Å². The molecule has 5 aromatic rings. The first kappa shape index (κ1) is 40.0. The molecule has 0 aliphatic carbocycles. The maximum absolute atomic E-state index is 13.7. The second kappa shape index (κ2) is 16.1. The third-order valence-electron chi connectivity index (χ3n) is 10.0. The van der Waals surface area contributed by atoms with Crippen LogP contribution in [0.3, 0.4) is 0 Å². The van der Waals surface area contributed by atoms with Crippen LogP contribution in [0.5, 0.6) is 0 Å². The van der Waals surface area contributed by atoms with Crippen molar-refractivity contribution in [3.8, 4) is 22.6 Å². The number of aliphatic hydroxyl groups is 1. The van der Waals surface area contributed by atoms with E-state index >= 15 is 0 Å². The van der Waals surface area contributed by atoms with E-state index in [2.05, 4.69) is 55.0 Å². The minimum atomic E-state index is -1.65. The molecule has 0 spiro atoms. The summed E-state index contributed by atoms with van der Waals surface area (Å²) in [5.41, 5.74) is 1.85. The fourth-order valence-corrected chi connectivity index (χ4v) is 7.26. The molecule has 0 fully saturated rings. The molecule has 0 aliphatic heterocycles. The second-order valence-corrected chi connectivity index (χ2v) is 19.2. The molecule has 8 heteroatoms. The average molecular weight is 861 g/mol. The Morgan fingerprint density at radius 2 is 1.49 bits per heavy atom. The van der Waals surface area contributed by atoms with Gasteiger partial charge >= 0.3 is 0 Å². The van der Waals surface area contributed by atoms with Gasteiger partial charge in [-0.3, -0.25) is 9.78 Å². The van der Waals surface area contributed by atoms with Gasteiger partial charge in [-0.1, -0.05) is 90.3 Å². The van der Waals surface area contributed by atoms with Crippen molar-refractivity contribution in [3.05, 3.63) is 96.4 Å². The van der Waals surface area contributed by atoms with Crippen molar-refractivity contribution in [1.29, 1.82) is 0 Å². The maximum Gasteiger partial charge on any atom is 0.164 e. The van der Waals surface area contributed by atoms with Gasteiger partial charge in [0.2, 0.25) is 0 Å². The molecule has 49 heavy (non-hydrogen) atoms. The number of carbonyl (C=O) groups is 1. The number of rotatable bonds is 10. The van der Waals surface area contributed by atoms with E-state index in [1.165, 1.54) is 28.8 Å². The van der Waals surface area contributed by atoms with Gasteiger partial charge in [-0.05, 0) is 49.9 Å². The number of hydrogen-bond acceptors (Lipinski definition) is 4. The summed E-state index contributed by atoms with van der Waals surface area (Å²) >= 11 is 0. The van der Waals surface area contributed by atoms with Crippen LogP contribution in [-0.4, -0.2) is 23.9 Å². The van der Waals surface area contributed by atoms with Crippen LogP contribution in [0.1, 0.15) is 67.2 Å². The summed E-state index contributed by atoms with van der Waals surface area (Å²) in [5, 5.41) is 14.5. The van der Waals surface area contributed by atoms with E-state index in [9.17, 15) is 18.7 Å². The van der Waals surface area contributed by atoms with Gasteiger partial charge in [0.1, 0.15) is 28.7 Å². The SMILES string of the molecule is CCC(C)(CC)C(=O)/C=C(\O)C(C)(CC)CC.C[Si](C)(C)c1cc(-c2nccc3cc(-c4cc(F)cc(F)c4)oc23)[c-]c2ccccc12.[Ir]. The first-order valence-corrected chi connectivity index (χ1v) is 20.4. The molecule has 3 aromatic carbocycles. The summed E-state index contributed by atoms with van der Waals surface area (Å²) in [6, 6.07) is 20.9. The second-order valence-electron chi connectivity index (χ2n) is 14.2. The normalized spacial score (nSPS) is 12.4. The summed E-state index contributed by atoms with van der Waals surface area (Å²) in [4.78, 5) is 16.8. The third kappa shape index (κ3) is 8.83. The van der Waals surface area contributed by atoms with Gasteiger partial charge in [-0.25, -0.2) is 8.78 Å². The van der Waals surface area contributed by atoms with Crippen LogP contribution < -0.4 is 5.19 Å². The van der Waals surface area contributed by atoms with E-state index < -0.39 is 19.7 Å². The third-order valence-corrected chi connectivity index (χ3v) is 12.1. The molecule has 0 aliphatic rings. The number of pyridine rings is 1. The molecule has 2 aromatic heterocycles. The van der Waals surface area contributed by atoms with Crippen LogP contribution in [0.25, 0.3) is 44.3 Å². The predicted molar refractivity (Wildman–Crippen MR) is 197 cm³/mol. The Hall–Kier alpha value is -3.45. The zero-order valence-electron chi connectivity index (χ0n) is 30.1. The fourth-order valence-electron chi connectivity index (χ4n) is 5.66. The van der Waals surface area contributed by atoms with Crippen LogP contribution >= 0.6 is 0 Å². The van der Waals surface area contributed by atoms with Crippen molar-refractivity contribution in [1.82, 2.24) is 4.98 Å². The largest absolute Gasteiger partial charge is 0.512 e. The minimum absolute atomic E-state index is 0. The zero-order chi connectivity index (χ0) is 35.4. The summed E-state index contributed by atoms with van der Waals surface area (Å²) < 4.78 is 33.5. The van der Waals surface area contributed by atoms with Crippen molar-refractivity contribution in [2.24, 2.45) is 10.8 Å². The average Bonchev–Trinajstić information content (AvgIpc) is 3.51. The van der Waals surface area contributed by atoms with Crippen molar-refractivity contribution in [3.63, 3.8) is 0 Å². The number of nitrogens with zero attached hydrogens (tertiary/aromatic N) is 1. The zero-order valence-corrected chi connectivity index (χ0v) is 33.5. The fraction of sp³-hybridized carbons (Fsp3) is 0.366. The van der Waals surface area contributed by atoms with Gasteiger partial charge in [-0.2, -0.15) is 0 Å². The molecule has 0 amide bonds. The summed E-state index contributed by atoms with van der Waals surface area (Å²) in [7, 11) is -1.65. The molecular formula is C41H48F2IrNO3Si-. The molecule has 0 bridgehead atoms. The van der Waals surface area contributed by atoms with E-state index in [0.29, 0.717) is 22.6 Å². The molecule has 0 atom stereocenters. The maximum atomic E-state index is 13.7. The van der Waals surface area contributed by atoms with Crippen molar-refractivity contribution in [2.45, 2.75) is 86.9 Å². The first-order valence-electron chi connectivity index (χ1n) is 16.9. The summed E-state index contributed by atoms with van der Waals surface area (Å²) in [6.07, 6.45) is 6.48. The molecular weight excluding hydrogens is 813 g/mol. The number of carbonyl (C=O) groups excluding carboxylic acids is 1. The number of hydrogen-bond donors (Lipinski definition) is 1. The van der Waals surface area contributed by atoms with Gasteiger partial charge in [0.05, 0.1) is 8.07 Å². The Labute approximate surface area is 304 Å². The Bertz CT molecular complexity index is 1930. The monoisotopic (exact) mass is 861 g/mol. The van der Waals surface area contributed by atoms with E-state index in [-0.39, 0.29) is 42.5 Å². The smallest absolute Gasteiger partial charge is 0.164 e. The summed E-state index contributed by atoms with van der Waals surface area (Å²) in [5.74, 6) is -0.601. The van der Waals surface area contributed by atoms with Gasteiger partial charge in [0.15, 0.2) is 5.78 Å². The number of halogens is 2. The first-order chi connectivity index (χ1) is 22.6. The van der Waals surface area contributed by atoms with E-state index in [0.717, 1.165) is 48.1 Å². The molecule has 0 saturated carbocycles. The van der Waals surface area contributed by atoms with Crippen LogP contribution in [-0.2, 0) is 24.9 Å². The number of aromatic nitrogens is 1. The van der Waals surface area contributed by atoms with Crippen molar-refractivity contribution in [2.75, 3.05) is 0 Å². The van der Waals surface area contributed by atoms with Gasteiger partial charge in [0.25, 0.3) is 0 Å². The van der Waals surface area contributed by atoms with Crippen LogP contribution in [0.15, 0.2) is 83.1 Å². The van der Waals surface area contributed by atoms with Crippen LogP contribution in [0.2, 0.25) is 19.6 Å². The van der Waals surface area contributed by atoms with E-state index in [1.807, 2.05) is 53.7 Å². The topological polar surface area (TPSA) is 63.3 Å².